The molecule has 23 heavy (non-hydrogen) atoms. The summed E-state index contributed by atoms with van der Waals surface area (Å²) in [7, 11) is 0. The monoisotopic (exact) mass is 313 g/mol. The number of furan rings is 2. The second-order valence-electron chi connectivity index (χ2n) is 6.02. The van der Waals surface area contributed by atoms with Gasteiger partial charge in [0.05, 0.1) is 6.54 Å². The average Bonchev–Trinajstić information content (AvgIpc) is 3.11. The van der Waals surface area contributed by atoms with Gasteiger partial charge in [-0.3, -0.25) is 4.79 Å². The van der Waals surface area contributed by atoms with Gasteiger partial charge in [0, 0.05) is 5.39 Å². The van der Waals surface area contributed by atoms with Gasteiger partial charge in [0.2, 0.25) is 0 Å². The highest BCUT2D eigenvalue weighted by Gasteiger charge is 2.28. The highest BCUT2D eigenvalue weighted by Crippen LogP contribution is 2.23. The Balaban J connectivity index is 1.73. The molecular weight excluding hydrogens is 294 g/mol. The SMILES string of the molecule is Cc1ccc2oc(C(=O)NCC(C)(O)c3ccc(C)o3)cc2c1. The number of amides is 1. The van der Waals surface area contributed by atoms with E-state index in [4.69, 9.17) is 8.83 Å². The Bertz CT molecular complexity index is 857. The summed E-state index contributed by atoms with van der Waals surface area (Å²) in [5.74, 6) is 0.967. The molecule has 0 saturated heterocycles. The zero-order valence-electron chi connectivity index (χ0n) is 13.3. The van der Waals surface area contributed by atoms with Gasteiger partial charge in [-0.1, -0.05) is 11.6 Å². The molecule has 0 radical (unpaired) electrons. The minimum atomic E-state index is -1.29. The van der Waals surface area contributed by atoms with Gasteiger partial charge in [-0.2, -0.15) is 0 Å². The van der Waals surface area contributed by atoms with E-state index < -0.39 is 5.60 Å². The van der Waals surface area contributed by atoms with Crippen LogP contribution in [0.2, 0.25) is 0 Å². The summed E-state index contributed by atoms with van der Waals surface area (Å²) in [5, 5.41) is 14.0. The molecule has 1 unspecified atom stereocenters. The van der Waals surface area contributed by atoms with Gasteiger partial charge >= 0.3 is 0 Å². The molecule has 0 fully saturated rings. The molecule has 5 nitrogen and oxygen atoms in total. The Labute approximate surface area is 133 Å². The van der Waals surface area contributed by atoms with Gasteiger partial charge in [0.15, 0.2) is 5.76 Å². The summed E-state index contributed by atoms with van der Waals surface area (Å²) < 4.78 is 11.0. The van der Waals surface area contributed by atoms with E-state index in [-0.39, 0.29) is 18.2 Å². The molecular formula is C18H19NO4. The number of nitrogens with one attached hydrogen (secondary N) is 1. The third-order valence-corrected chi connectivity index (χ3v) is 3.76. The van der Waals surface area contributed by atoms with Crippen LogP contribution in [0.4, 0.5) is 0 Å². The Kier molecular flexibility index (Phi) is 3.74. The number of hydrogen-bond donors (Lipinski definition) is 2. The first-order chi connectivity index (χ1) is 10.8. The fourth-order valence-electron chi connectivity index (χ4n) is 2.43. The Morgan fingerprint density at radius 2 is 1.96 bits per heavy atom. The maximum absolute atomic E-state index is 12.2. The maximum Gasteiger partial charge on any atom is 0.287 e. The Morgan fingerprint density at radius 1 is 1.17 bits per heavy atom. The van der Waals surface area contributed by atoms with Crippen molar-refractivity contribution in [2.45, 2.75) is 26.4 Å². The zero-order valence-corrected chi connectivity index (χ0v) is 13.3. The van der Waals surface area contributed by atoms with Crippen LogP contribution in [-0.4, -0.2) is 17.6 Å². The lowest BCUT2D eigenvalue weighted by atomic mass is 10.0. The van der Waals surface area contributed by atoms with Crippen molar-refractivity contribution in [1.82, 2.24) is 5.32 Å². The summed E-state index contributed by atoms with van der Waals surface area (Å²) in [6.45, 7) is 5.39. The van der Waals surface area contributed by atoms with Crippen LogP contribution in [0.3, 0.4) is 0 Å². The molecule has 0 bridgehead atoms. The van der Waals surface area contributed by atoms with E-state index in [1.165, 1.54) is 0 Å². The van der Waals surface area contributed by atoms with Crippen molar-refractivity contribution >= 4 is 16.9 Å². The number of hydrogen-bond acceptors (Lipinski definition) is 4. The molecule has 1 amide bonds. The molecule has 5 heteroatoms. The molecule has 0 aliphatic rings. The van der Waals surface area contributed by atoms with Gasteiger partial charge in [0.1, 0.15) is 22.7 Å². The van der Waals surface area contributed by atoms with Crippen molar-refractivity contribution in [3.8, 4) is 0 Å². The second kappa shape index (κ2) is 5.59. The first-order valence-corrected chi connectivity index (χ1v) is 7.43. The Morgan fingerprint density at radius 3 is 2.65 bits per heavy atom. The number of carbonyl (C=O) groups excluding carboxylic acids is 1. The van der Waals surface area contributed by atoms with E-state index in [2.05, 4.69) is 5.32 Å². The van der Waals surface area contributed by atoms with Crippen molar-refractivity contribution in [2.75, 3.05) is 6.54 Å². The molecule has 1 atom stereocenters. The second-order valence-corrected chi connectivity index (χ2v) is 6.02. The lowest BCUT2D eigenvalue weighted by Gasteiger charge is -2.20. The van der Waals surface area contributed by atoms with E-state index in [9.17, 15) is 9.90 Å². The summed E-state index contributed by atoms with van der Waals surface area (Å²) in [5.41, 5.74) is 0.475. The third-order valence-electron chi connectivity index (χ3n) is 3.76. The van der Waals surface area contributed by atoms with Crippen LogP contribution in [-0.2, 0) is 5.60 Å². The topological polar surface area (TPSA) is 75.6 Å². The van der Waals surface area contributed by atoms with E-state index in [1.54, 1.807) is 32.0 Å². The predicted octanol–water partition coefficient (Wildman–Crippen LogP) is 3.28. The molecule has 2 N–H and O–H groups in total. The van der Waals surface area contributed by atoms with Gasteiger partial charge in [-0.25, -0.2) is 0 Å². The highest BCUT2D eigenvalue weighted by atomic mass is 16.4. The van der Waals surface area contributed by atoms with Gasteiger partial charge in [-0.15, -0.1) is 0 Å². The zero-order chi connectivity index (χ0) is 16.6. The van der Waals surface area contributed by atoms with Crippen LogP contribution in [0.1, 0.15) is 34.6 Å². The molecule has 3 aromatic rings. The molecule has 0 aliphatic heterocycles. The molecule has 0 aliphatic carbocycles. The smallest absolute Gasteiger partial charge is 0.287 e. The number of aliphatic hydroxyl groups is 1. The number of benzene rings is 1. The number of carbonyl (C=O) groups is 1. The van der Waals surface area contributed by atoms with E-state index >= 15 is 0 Å². The number of rotatable bonds is 4. The fraction of sp³-hybridized carbons (Fsp3) is 0.278. The van der Waals surface area contributed by atoms with Gasteiger partial charge < -0.3 is 19.3 Å². The number of aryl methyl sites for hydroxylation is 2. The van der Waals surface area contributed by atoms with Crippen molar-refractivity contribution in [3.05, 3.63) is 59.2 Å². The standard InChI is InChI=1S/C18H19NO4/c1-11-4-6-14-13(8-11)9-15(23-14)17(20)19-10-18(3,21)16-7-5-12(2)22-16/h4-9,21H,10H2,1-3H3,(H,19,20). The summed E-state index contributed by atoms with van der Waals surface area (Å²) in [4.78, 5) is 12.2. The molecule has 2 aromatic heterocycles. The van der Waals surface area contributed by atoms with Crippen LogP contribution in [0.15, 0.2) is 45.2 Å². The molecule has 0 spiro atoms. The predicted molar refractivity (Wildman–Crippen MR) is 86.3 cm³/mol. The van der Waals surface area contributed by atoms with Crippen LogP contribution in [0.25, 0.3) is 11.0 Å². The van der Waals surface area contributed by atoms with Crippen molar-refractivity contribution in [2.24, 2.45) is 0 Å². The molecule has 3 rings (SSSR count). The van der Waals surface area contributed by atoms with Crippen LogP contribution < -0.4 is 5.32 Å². The molecule has 2 heterocycles. The van der Waals surface area contributed by atoms with Crippen LogP contribution >= 0.6 is 0 Å². The van der Waals surface area contributed by atoms with Crippen molar-refractivity contribution in [3.63, 3.8) is 0 Å². The molecule has 0 saturated carbocycles. The van der Waals surface area contributed by atoms with Crippen molar-refractivity contribution < 1.29 is 18.7 Å². The van der Waals surface area contributed by atoms with Gasteiger partial charge in [0.25, 0.3) is 5.91 Å². The summed E-state index contributed by atoms with van der Waals surface area (Å²) >= 11 is 0. The van der Waals surface area contributed by atoms with E-state index in [0.717, 1.165) is 10.9 Å². The first-order valence-electron chi connectivity index (χ1n) is 7.43. The first kappa shape index (κ1) is 15.4. The molecule has 1 aromatic carbocycles. The highest BCUT2D eigenvalue weighted by molar-refractivity contribution is 5.96. The average molecular weight is 313 g/mol. The quantitative estimate of drug-likeness (QED) is 0.775. The molecule has 120 valence electrons. The van der Waals surface area contributed by atoms with E-state index in [1.807, 2.05) is 25.1 Å². The third kappa shape index (κ3) is 3.14. The maximum atomic E-state index is 12.2. The van der Waals surface area contributed by atoms with Gasteiger partial charge in [-0.05, 0) is 51.1 Å². The summed E-state index contributed by atoms with van der Waals surface area (Å²) in [6.07, 6.45) is 0. The van der Waals surface area contributed by atoms with Crippen molar-refractivity contribution in [1.29, 1.82) is 0 Å². The minimum Gasteiger partial charge on any atom is -0.463 e. The normalized spacial score (nSPS) is 13.9. The van der Waals surface area contributed by atoms with Crippen LogP contribution in [0.5, 0.6) is 0 Å². The fourth-order valence-corrected chi connectivity index (χ4v) is 2.43. The Hall–Kier alpha value is -2.53. The minimum absolute atomic E-state index is 0.0227. The largest absolute Gasteiger partial charge is 0.463 e. The summed E-state index contributed by atoms with van der Waals surface area (Å²) in [6, 6.07) is 10.9. The van der Waals surface area contributed by atoms with Crippen LogP contribution in [0, 0.1) is 13.8 Å². The number of fused-ring (bicyclic) bond motifs is 1. The lowest BCUT2D eigenvalue weighted by Crippen LogP contribution is -2.38. The van der Waals surface area contributed by atoms with E-state index in [0.29, 0.717) is 17.1 Å². The lowest BCUT2D eigenvalue weighted by molar-refractivity contribution is 0.0319.